The second-order valence-corrected chi connectivity index (χ2v) is 5.26. The van der Waals surface area contributed by atoms with Crippen LogP contribution in [0.15, 0.2) is 23.4 Å². The lowest BCUT2D eigenvalue weighted by Gasteiger charge is -2.04. The predicted octanol–water partition coefficient (Wildman–Crippen LogP) is 2.31. The molecule has 2 aromatic rings. The molecule has 3 rings (SSSR count). The second kappa shape index (κ2) is 4.97. The van der Waals surface area contributed by atoms with Crippen molar-refractivity contribution < 1.29 is 4.39 Å². The topological polar surface area (TPSA) is 67.4 Å². The van der Waals surface area contributed by atoms with Gasteiger partial charge >= 0.3 is 0 Å². The number of tetrazole rings is 1. The Balaban J connectivity index is 1.76. The number of aromatic nitrogens is 4. The van der Waals surface area contributed by atoms with Gasteiger partial charge < -0.3 is 0 Å². The summed E-state index contributed by atoms with van der Waals surface area (Å²) in [6.07, 6.45) is 2.19. The Kier molecular flexibility index (Phi) is 3.17. The van der Waals surface area contributed by atoms with Gasteiger partial charge in [0.25, 0.3) is 0 Å². The molecular formula is C12H10FN5S. The third kappa shape index (κ3) is 2.44. The third-order valence-corrected chi connectivity index (χ3v) is 3.89. The highest BCUT2D eigenvalue weighted by Crippen LogP contribution is 2.37. The molecule has 0 bridgehead atoms. The normalized spacial score (nSPS) is 14.3. The number of nitriles is 1. The van der Waals surface area contributed by atoms with Crippen LogP contribution in [0.2, 0.25) is 0 Å². The molecule has 1 aromatic heterocycles. The van der Waals surface area contributed by atoms with E-state index in [-0.39, 0.29) is 5.56 Å². The van der Waals surface area contributed by atoms with Gasteiger partial charge in [0, 0.05) is 5.75 Å². The van der Waals surface area contributed by atoms with Crippen LogP contribution in [0.4, 0.5) is 4.39 Å². The Bertz CT molecular complexity index is 644. The van der Waals surface area contributed by atoms with Gasteiger partial charge in [-0.3, -0.25) is 0 Å². The molecule has 0 spiro atoms. The van der Waals surface area contributed by atoms with Gasteiger partial charge in [-0.1, -0.05) is 23.9 Å². The molecule has 0 aliphatic heterocycles. The van der Waals surface area contributed by atoms with Crippen LogP contribution in [-0.2, 0) is 5.75 Å². The number of rotatable bonds is 4. The van der Waals surface area contributed by atoms with Gasteiger partial charge in [0.15, 0.2) is 0 Å². The minimum Gasteiger partial charge on any atom is -0.217 e. The van der Waals surface area contributed by atoms with Crippen LogP contribution in [0, 0.1) is 17.1 Å². The maximum absolute atomic E-state index is 13.9. The van der Waals surface area contributed by atoms with E-state index in [1.165, 1.54) is 17.8 Å². The molecule has 0 amide bonds. The average molecular weight is 275 g/mol. The number of thioether (sulfide) groups is 1. The fourth-order valence-electron chi connectivity index (χ4n) is 1.75. The van der Waals surface area contributed by atoms with Gasteiger partial charge in [0.1, 0.15) is 11.9 Å². The molecule has 1 fully saturated rings. The van der Waals surface area contributed by atoms with Gasteiger partial charge in [-0.2, -0.15) is 5.26 Å². The molecule has 1 aliphatic carbocycles. The van der Waals surface area contributed by atoms with Crippen molar-refractivity contribution in [2.45, 2.75) is 29.8 Å². The number of hydrogen-bond acceptors (Lipinski definition) is 5. The van der Waals surface area contributed by atoms with E-state index in [1.54, 1.807) is 16.8 Å². The number of halogens is 1. The molecule has 7 heteroatoms. The quantitative estimate of drug-likeness (QED) is 0.801. The van der Waals surface area contributed by atoms with Crippen molar-refractivity contribution in [2.75, 3.05) is 0 Å². The van der Waals surface area contributed by atoms with Crippen molar-refractivity contribution >= 4 is 11.8 Å². The van der Waals surface area contributed by atoms with Gasteiger partial charge in [-0.05, 0) is 34.9 Å². The van der Waals surface area contributed by atoms with Crippen LogP contribution < -0.4 is 0 Å². The molecule has 5 nitrogen and oxygen atoms in total. The van der Waals surface area contributed by atoms with E-state index in [1.807, 2.05) is 6.07 Å². The molecular weight excluding hydrogens is 265 g/mol. The molecule has 1 aliphatic rings. The zero-order chi connectivity index (χ0) is 13.2. The first-order valence-electron chi connectivity index (χ1n) is 5.87. The summed E-state index contributed by atoms with van der Waals surface area (Å²) >= 11 is 1.39. The summed E-state index contributed by atoms with van der Waals surface area (Å²) in [6, 6.07) is 7.06. The first-order valence-corrected chi connectivity index (χ1v) is 6.86. The van der Waals surface area contributed by atoms with E-state index in [0.29, 0.717) is 22.5 Å². The van der Waals surface area contributed by atoms with Gasteiger partial charge in [0.2, 0.25) is 5.16 Å². The Labute approximate surface area is 113 Å². The van der Waals surface area contributed by atoms with Crippen LogP contribution >= 0.6 is 11.8 Å². The lowest BCUT2D eigenvalue weighted by molar-refractivity contribution is 0.565. The van der Waals surface area contributed by atoms with Crippen LogP contribution in [0.3, 0.4) is 0 Å². The Morgan fingerprint density at radius 2 is 2.32 bits per heavy atom. The van der Waals surface area contributed by atoms with E-state index in [2.05, 4.69) is 15.5 Å². The second-order valence-electron chi connectivity index (χ2n) is 4.32. The first kappa shape index (κ1) is 12.1. The van der Waals surface area contributed by atoms with Gasteiger partial charge in [0.05, 0.1) is 11.6 Å². The maximum Gasteiger partial charge on any atom is 0.209 e. The highest BCUT2D eigenvalue weighted by molar-refractivity contribution is 7.98. The van der Waals surface area contributed by atoms with E-state index < -0.39 is 5.82 Å². The third-order valence-electron chi connectivity index (χ3n) is 2.91. The zero-order valence-corrected chi connectivity index (χ0v) is 10.8. The molecule has 19 heavy (non-hydrogen) atoms. The van der Waals surface area contributed by atoms with Crippen LogP contribution in [0.1, 0.15) is 30.0 Å². The summed E-state index contributed by atoms with van der Waals surface area (Å²) in [7, 11) is 0. The van der Waals surface area contributed by atoms with Crippen molar-refractivity contribution in [2.24, 2.45) is 0 Å². The SMILES string of the molecule is N#Cc1cccc(CSc2nnnn2C2CC2)c1F. The summed E-state index contributed by atoms with van der Waals surface area (Å²) in [4.78, 5) is 0. The fourth-order valence-corrected chi connectivity index (χ4v) is 2.67. The molecule has 0 saturated heterocycles. The maximum atomic E-state index is 13.9. The van der Waals surface area contributed by atoms with Crippen molar-refractivity contribution in [1.82, 2.24) is 20.2 Å². The average Bonchev–Trinajstić information content (AvgIpc) is 3.17. The lowest BCUT2D eigenvalue weighted by Crippen LogP contribution is -1.99. The lowest BCUT2D eigenvalue weighted by atomic mass is 10.1. The molecule has 0 atom stereocenters. The Morgan fingerprint density at radius 1 is 1.47 bits per heavy atom. The molecule has 1 saturated carbocycles. The van der Waals surface area contributed by atoms with Crippen molar-refractivity contribution in [1.29, 1.82) is 5.26 Å². The molecule has 0 N–H and O–H groups in total. The van der Waals surface area contributed by atoms with Crippen molar-refractivity contribution in [3.8, 4) is 6.07 Å². The summed E-state index contributed by atoms with van der Waals surface area (Å²) in [5.74, 6) is -0.0444. The molecule has 1 heterocycles. The smallest absolute Gasteiger partial charge is 0.209 e. The predicted molar refractivity (Wildman–Crippen MR) is 66.8 cm³/mol. The van der Waals surface area contributed by atoms with Gasteiger partial charge in [-0.15, -0.1) is 5.10 Å². The standard InChI is InChI=1S/C12H10FN5S/c13-11-8(6-14)2-1-3-9(11)7-19-12-15-16-17-18(12)10-4-5-10/h1-3,10H,4-5,7H2. The van der Waals surface area contributed by atoms with E-state index in [0.717, 1.165) is 12.8 Å². The van der Waals surface area contributed by atoms with Crippen LogP contribution in [0.25, 0.3) is 0 Å². The Morgan fingerprint density at radius 3 is 3.05 bits per heavy atom. The van der Waals surface area contributed by atoms with Crippen LogP contribution in [-0.4, -0.2) is 20.2 Å². The minimum atomic E-state index is -0.456. The first-order chi connectivity index (χ1) is 9.29. The summed E-state index contributed by atoms with van der Waals surface area (Å²) in [5, 5.41) is 21.0. The number of hydrogen-bond donors (Lipinski definition) is 0. The van der Waals surface area contributed by atoms with Gasteiger partial charge in [-0.25, -0.2) is 9.07 Å². The van der Waals surface area contributed by atoms with E-state index in [9.17, 15) is 4.39 Å². The van der Waals surface area contributed by atoms with E-state index >= 15 is 0 Å². The van der Waals surface area contributed by atoms with E-state index in [4.69, 9.17) is 5.26 Å². The van der Waals surface area contributed by atoms with Crippen molar-refractivity contribution in [3.05, 3.63) is 35.1 Å². The number of benzene rings is 1. The summed E-state index contributed by atoms with van der Waals surface area (Å²) in [5.41, 5.74) is 0.564. The molecule has 1 aromatic carbocycles. The highest BCUT2D eigenvalue weighted by Gasteiger charge is 2.27. The number of nitrogens with zero attached hydrogens (tertiary/aromatic N) is 5. The molecule has 0 unspecified atom stereocenters. The minimum absolute atomic E-state index is 0.0693. The highest BCUT2D eigenvalue weighted by atomic mass is 32.2. The van der Waals surface area contributed by atoms with Crippen LogP contribution in [0.5, 0.6) is 0 Å². The molecule has 96 valence electrons. The van der Waals surface area contributed by atoms with Crippen molar-refractivity contribution in [3.63, 3.8) is 0 Å². The largest absolute Gasteiger partial charge is 0.217 e. The monoisotopic (exact) mass is 275 g/mol. The summed E-state index contributed by atoms with van der Waals surface area (Å²) < 4.78 is 15.7. The molecule has 0 radical (unpaired) electrons. The summed E-state index contributed by atoms with van der Waals surface area (Å²) in [6.45, 7) is 0. The zero-order valence-electron chi connectivity index (χ0n) is 9.95. The fraction of sp³-hybridized carbons (Fsp3) is 0.333. The Hall–Kier alpha value is -1.94.